The Morgan fingerprint density at radius 3 is 2.68 bits per heavy atom. The van der Waals surface area contributed by atoms with E-state index in [1.165, 1.54) is 30.5 Å². The number of phenolic OH excluding ortho intramolecular Hbond substituents is 1. The van der Waals surface area contributed by atoms with Crippen LogP contribution in [0.5, 0.6) is 5.75 Å². The number of hydrogen-bond acceptors (Lipinski definition) is 6. The van der Waals surface area contributed by atoms with Crippen molar-refractivity contribution >= 4 is 27.5 Å². The zero-order valence-electron chi connectivity index (χ0n) is 17.9. The van der Waals surface area contributed by atoms with Crippen molar-refractivity contribution in [3.05, 3.63) is 58.1 Å². The van der Waals surface area contributed by atoms with Gasteiger partial charge in [0.05, 0.1) is 16.5 Å². The average molecular weight is 459 g/mol. The molecule has 7 nitrogen and oxygen atoms in total. The minimum Gasteiger partial charge on any atom is -0.508 e. The predicted octanol–water partition coefficient (Wildman–Crippen LogP) is 3.04. The van der Waals surface area contributed by atoms with E-state index in [1.807, 2.05) is 4.90 Å². The van der Waals surface area contributed by atoms with E-state index in [4.69, 9.17) is 6.42 Å². The summed E-state index contributed by atoms with van der Waals surface area (Å²) in [6.45, 7) is 1.32. The lowest BCUT2D eigenvalue weighted by Crippen LogP contribution is -2.51. The number of halogens is 2. The molecule has 4 heterocycles. The maximum Gasteiger partial charge on any atom is 0.347 e. The van der Waals surface area contributed by atoms with Crippen molar-refractivity contribution in [2.24, 2.45) is 0 Å². The third kappa shape index (κ3) is 3.10. The predicted molar refractivity (Wildman–Crippen MR) is 125 cm³/mol. The first kappa shape index (κ1) is 20.6. The van der Waals surface area contributed by atoms with Gasteiger partial charge in [0.25, 0.3) is 0 Å². The van der Waals surface area contributed by atoms with Crippen molar-refractivity contribution < 1.29 is 13.9 Å². The Labute approximate surface area is 192 Å². The van der Waals surface area contributed by atoms with Gasteiger partial charge in [-0.3, -0.25) is 4.98 Å². The minimum absolute atomic E-state index is 0.0546. The smallest absolute Gasteiger partial charge is 0.347 e. The summed E-state index contributed by atoms with van der Waals surface area (Å²) < 4.78 is 30.4. The summed E-state index contributed by atoms with van der Waals surface area (Å²) in [5.41, 5.74) is -0.833. The molecule has 2 bridgehead atoms. The number of aromatic hydroxyl groups is 1. The standard InChI is InChI=1S/C25H19F2N5O2/c1-2-16-19(26)6-3-12-7-15(33)8-17(20(12)16)22-21(27)23-18(9-28-22)24(31-25(34)30-23)32-10-13-4-5-14(11-32)29-13/h1,3,6-9,13-14,29,33H,4-5,10-11H2,(H,30,31,34). The topological polar surface area (TPSA) is 94.1 Å². The molecule has 0 spiro atoms. The summed E-state index contributed by atoms with van der Waals surface area (Å²) in [5.74, 6) is 1.09. The first-order valence-corrected chi connectivity index (χ1v) is 10.9. The van der Waals surface area contributed by atoms with E-state index in [9.17, 15) is 14.3 Å². The second kappa shape index (κ2) is 7.50. The van der Waals surface area contributed by atoms with Gasteiger partial charge in [-0.1, -0.05) is 12.0 Å². The Morgan fingerprint density at radius 1 is 1.18 bits per heavy atom. The van der Waals surface area contributed by atoms with Gasteiger partial charge in [0, 0.05) is 42.3 Å². The number of phenols is 1. The summed E-state index contributed by atoms with van der Waals surface area (Å²) in [6, 6.07) is 5.94. The number of nitrogens with zero attached hydrogens (tertiary/aromatic N) is 3. The number of terminal acetylenes is 1. The van der Waals surface area contributed by atoms with Crippen molar-refractivity contribution in [1.29, 1.82) is 0 Å². The molecule has 0 saturated carbocycles. The zero-order chi connectivity index (χ0) is 23.6. The number of aromatic amines is 1. The first-order chi connectivity index (χ1) is 16.4. The number of fused-ring (bicyclic) bond motifs is 4. The van der Waals surface area contributed by atoms with Gasteiger partial charge in [0.1, 0.15) is 23.1 Å². The average Bonchev–Trinajstić information content (AvgIpc) is 3.16. The van der Waals surface area contributed by atoms with Gasteiger partial charge in [-0.2, -0.15) is 4.98 Å². The lowest BCUT2D eigenvalue weighted by molar-refractivity contribution is 0.464. The van der Waals surface area contributed by atoms with E-state index in [-0.39, 0.29) is 33.5 Å². The van der Waals surface area contributed by atoms with Crippen molar-refractivity contribution in [3.63, 3.8) is 0 Å². The number of pyridine rings is 1. The molecule has 2 aliphatic heterocycles. The fraction of sp³-hybridized carbons (Fsp3) is 0.240. The van der Waals surface area contributed by atoms with Crippen molar-refractivity contribution in [2.45, 2.75) is 24.9 Å². The molecular formula is C25H19F2N5O2. The van der Waals surface area contributed by atoms with Gasteiger partial charge >= 0.3 is 5.69 Å². The third-order valence-corrected chi connectivity index (χ3v) is 6.67. The van der Waals surface area contributed by atoms with Crippen molar-refractivity contribution in [1.82, 2.24) is 20.3 Å². The minimum atomic E-state index is -0.810. The van der Waals surface area contributed by atoms with E-state index < -0.39 is 17.3 Å². The van der Waals surface area contributed by atoms with Crippen LogP contribution in [0.4, 0.5) is 14.6 Å². The van der Waals surface area contributed by atoms with Crippen LogP contribution in [0.25, 0.3) is 32.9 Å². The third-order valence-electron chi connectivity index (χ3n) is 6.67. The van der Waals surface area contributed by atoms with Gasteiger partial charge in [-0.05, 0) is 36.4 Å². The monoisotopic (exact) mass is 459 g/mol. The SMILES string of the molecule is C#Cc1c(F)ccc2cc(O)cc(-c3ncc4c(N5CC6CCC(C5)N6)nc(=O)[nH]c4c3F)c12. The molecule has 34 heavy (non-hydrogen) atoms. The Morgan fingerprint density at radius 2 is 1.94 bits per heavy atom. The fourth-order valence-corrected chi connectivity index (χ4v) is 5.22. The molecule has 9 heteroatoms. The molecule has 6 rings (SSSR count). The summed E-state index contributed by atoms with van der Waals surface area (Å²) in [4.78, 5) is 25.4. The first-order valence-electron chi connectivity index (χ1n) is 10.9. The number of benzene rings is 2. The molecule has 2 aromatic carbocycles. The maximum atomic E-state index is 15.9. The largest absolute Gasteiger partial charge is 0.508 e. The fourth-order valence-electron chi connectivity index (χ4n) is 5.22. The number of nitrogens with one attached hydrogen (secondary N) is 2. The molecule has 0 radical (unpaired) electrons. The number of H-pyrrole nitrogens is 1. The molecule has 2 saturated heterocycles. The molecule has 3 N–H and O–H groups in total. The molecular weight excluding hydrogens is 440 g/mol. The van der Waals surface area contributed by atoms with E-state index in [2.05, 4.69) is 26.2 Å². The highest BCUT2D eigenvalue weighted by Crippen LogP contribution is 2.38. The van der Waals surface area contributed by atoms with Crippen LogP contribution in [-0.4, -0.2) is 45.2 Å². The number of hydrogen-bond donors (Lipinski definition) is 3. The van der Waals surface area contributed by atoms with Crippen LogP contribution in [0, 0.1) is 24.0 Å². The van der Waals surface area contributed by atoms with E-state index in [0.717, 1.165) is 12.8 Å². The van der Waals surface area contributed by atoms with Crippen LogP contribution >= 0.6 is 0 Å². The molecule has 0 amide bonds. The van der Waals surface area contributed by atoms with E-state index >= 15 is 4.39 Å². The number of rotatable bonds is 2. The van der Waals surface area contributed by atoms with Crippen LogP contribution in [0.1, 0.15) is 18.4 Å². The van der Waals surface area contributed by atoms with Crippen LogP contribution in [-0.2, 0) is 0 Å². The van der Waals surface area contributed by atoms with Gasteiger partial charge in [-0.15, -0.1) is 6.42 Å². The summed E-state index contributed by atoms with van der Waals surface area (Å²) in [6.07, 6.45) is 9.07. The molecule has 2 aliphatic rings. The lowest BCUT2D eigenvalue weighted by atomic mass is 9.96. The lowest BCUT2D eigenvalue weighted by Gasteiger charge is -2.34. The van der Waals surface area contributed by atoms with Crippen LogP contribution in [0.15, 0.2) is 35.3 Å². The Balaban J connectivity index is 1.59. The molecule has 2 unspecified atom stereocenters. The summed E-state index contributed by atoms with van der Waals surface area (Å²) >= 11 is 0. The second-order valence-corrected chi connectivity index (χ2v) is 8.78. The molecule has 2 aromatic heterocycles. The van der Waals surface area contributed by atoms with Gasteiger partial charge < -0.3 is 20.3 Å². The summed E-state index contributed by atoms with van der Waals surface area (Å²) in [5, 5.41) is 14.8. The van der Waals surface area contributed by atoms with E-state index in [1.54, 1.807) is 0 Å². The Kier molecular flexibility index (Phi) is 4.54. The Bertz CT molecular complexity index is 1580. The van der Waals surface area contributed by atoms with Crippen LogP contribution < -0.4 is 15.9 Å². The van der Waals surface area contributed by atoms with E-state index in [0.29, 0.717) is 41.8 Å². The highest BCUT2D eigenvalue weighted by atomic mass is 19.1. The van der Waals surface area contributed by atoms with Gasteiger partial charge in [0.15, 0.2) is 5.82 Å². The molecule has 2 fully saturated rings. The highest BCUT2D eigenvalue weighted by Gasteiger charge is 2.34. The zero-order valence-corrected chi connectivity index (χ0v) is 17.9. The summed E-state index contributed by atoms with van der Waals surface area (Å²) in [7, 11) is 0. The Hall–Kier alpha value is -4.03. The van der Waals surface area contributed by atoms with Crippen LogP contribution in [0.2, 0.25) is 0 Å². The normalized spacial score (nSPS) is 19.6. The van der Waals surface area contributed by atoms with Gasteiger partial charge in [-0.25, -0.2) is 13.6 Å². The quantitative estimate of drug-likeness (QED) is 0.399. The van der Waals surface area contributed by atoms with Crippen molar-refractivity contribution in [3.8, 4) is 29.4 Å². The molecule has 170 valence electrons. The molecule has 4 aromatic rings. The van der Waals surface area contributed by atoms with Crippen LogP contribution in [0.3, 0.4) is 0 Å². The number of aromatic nitrogens is 3. The highest BCUT2D eigenvalue weighted by molar-refractivity contribution is 6.02. The number of anilines is 1. The molecule has 2 atom stereocenters. The van der Waals surface area contributed by atoms with Gasteiger partial charge in [0.2, 0.25) is 0 Å². The van der Waals surface area contributed by atoms with Crippen molar-refractivity contribution in [2.75, 3.05) is 18.0 Å². The second-order valence-electron chi connectivity index (χ2n) is 8.78. The molecule has 0 aliphatic carbocycles. The maximum absolute atomic E-state index is 15.9. The number of piperazine rings is 1.